The first-order valence-corrected chi connectivity index (χ1v) is 7.84. The molecular formula is C16H27N5O. The van der Waals surface area contributed by atoms with Gasteiger partial charge in [-0.1, -0.05) is 13.8 Å². The molecule has 6 heteroatoms. The van der Waals surface area contributed by atoms with E-state index >= 15 is 0 Å². The van der Waals surface area contributed by atoms with E-state index in [1.54, 1.807) is 10.9 Å². The number of rotatable bonds is 7. The molecule has 0 saturated carbocycles. The van der Waals surface area contributed by atoms with E-state index in [-0.39, 0.29) is 0 Å². The van der Waals surface area contributed by atoms with Crippen molar-refractivity contribution < 1.29 is 5.11 Å². The molecule has 0 aliphatic carbocycles. The van der Waals surface area contributed by atoms with Gasteiger partial charge in [0.1, 0.15) is 5.60 Å². The standard InChI is InChI=1S/C16H27N5O/c1-6-14-13(15(7-2)21(5)19-14)9-17-11-16(3,22)12-8-18-20(4)10-12/h8,10,17,22H,6-7,9,11H2,1-5H3. The number of aliphatic hydroxyl groups is 1. The molecule has 0 fully saturated rings. The lowest BCUT2D eigenvalue weighted by Gasteiger charge is -2.22. The van der Waals surface area contributed by atoms with E-state index < -0.39 is 5.60 Å². The summed E-state index contributed by atoms with van der Waals surface area (Å²) in [5.41, 5.74) is 3.53. The zero-order chi connectivity index (χ0) is 16.3. The largest absolute Gasteiger partial charge is 0.384 e. The minimum atomic E-state index is -0.935. The quantitative estimate of drug-likeness (QED) is 0.808. The first-order chi connectivity index (χ1) is 10.4. The van der Waals surface area contributed by atoms with Crippen LogP contribution in [-0.4, -0.2) is 31.2 Å². The molecule has 0 amide bonds. The molecule has 0 aromatic carbocycles. The van der Waals surface area contributed by atoms with Crippen molar-refractivity contribution in [1.82, 2.24) is 24.9 Å². The smallest absolute Gasteiger partial charge is 0.102 e. The molecule has 2 N–H and O–H groups in total. The molecule has 0 spiro atoms. The third-order valence-corrected chi connectivity index (χ3v) is 4.13. The van der Waals surface area contributed by atoms with Crippen molar-refractivity contribution in [3.8, 4) is 0 Å². The summed E-state index contributed by atoms with van der Waals surface area (Å²) >= 11 is 0. The maximum Gasteiger partial charge on any atom is 0.102 e. The summed E-state index contributed by atoms with van der Waals surface area (Å²) < 4.78 is 3.67. The molecular weight excluding hydrogens is 278 g/mol. The lowest BCUT2D eigenvalue weighted by atomic mass is 9.99. The lowest BCUT2D eigenvalue weighted by Crippen LogP contribution is -2.35. The number of hydrogen-bond donors (Lipinski definition) is 2. The Morgan fingerprint density at radius 3 is 2.55 bits per heavy atom. The van der Waals surface area contributed by atoms with Crippen LogP contribution in [0.15, 0.2) is 12.4 Å². The van der Waals surface area contributed by atoms with Gasteiger partial charge in [-0.3, -0.25) is 9.36 Å². The molecule has 0 aliphatic rings. The monoisotopic (exact) mass is 305 g/mol. The second kappa shape index (κ2) is 6.62. The molecule has 1 atom stereocenters. The van der Waals surface area contributed by atoms with Crippen LogP contribution in [0, 0.1) is 0 Å². The molecule has 2 heterocycles. The Labute approximate surface area is 132 Å². The number of nitrogens with one attached hydrogen (secondary N) is 1. The predicted molar refractivity (Wildman–Crippen MR) is 86.4 cm³/mol. The fraction of sp³-hybridized carbons (Fsp3) is 0.625. The molecule has 1 unspecified atom stereocenters. The van der Waals surface area contributed by atoms with Crippen molar-refractivity contribution in [3.05, 3.63) is 34.9 Å². The van der Waals surface area contributed by atoms with Crippen LogP contribution in [0.5, 0.6) is 0 Å². The van der Waals surface area contributed by atoms with Crippen LogP contribution in [-0.2, 0) is 39.1 Å². The highest BCUT2D eigenvalue weighted by Gasteiger charge is 2.24. The van der Waals surface area contributed by atoms with Crippen molar-refractivity contribution in [2.24, 2.45) is 14.1 Å². The number of nitrogens with zero attached hydrogens (tertiary/aromatic N) is 4. The average Bonchev–Trinajstić information content (AvgIpc) is 3.03. The van der Waals surface area contributed by atoms with Crippen LogP contribution in [0.2, 0.25) is 0 Å². The molecule has 0 radical (unpaired) electrons. The molecule has 0 aliphatic heterocycles. The van der Waals surface area contributed by atoms with Gasteiger partial charge in [-0.05, 0) is 19.8 Å². The number of aryl methyl sites for hydroxylation is 3. The summed E-state index contributed by atoms with van der Waals surface area (Å²) in [6, 6.07) is 0. The van der Waals surface area contributed by atoms with E-state index in [0.29, 0.717) is 6.54 Å². The second-order valence-corrected chi connectivity index (χ2v) is 5.98. The van der Waals surface area contributed by atoms with Gasteiger partial charge < -0.3 is 10.4 Å². The fourth-order valence-corrected chi connectivity index (χ4v) is 2.83. The highest BCUT2D eigenvalue weighted by Crippen LogP contribution is 2.20. The minimum absolute atomic E-state index is 0.472. The van der Waals surface area contributed by atoms with Crippen molar-refractivity contribution in [3.63, 3.8) is 0 Å². The maximum atomic E-state index is 10.6. The van der Waals surface area contributed by atoms with Gasteiger partial charge in [0, 0.05) is 50.2 Å². The van der Waals surface area contributed by atoms with Gasteiger partial charge in [-0.15, -0.1) is 0 Å². The van der Waals surface area contributed by atoms with Gasteiger partial charge in [0.15, 0.2) is 0 Å². The van der Waals surface area contributed by atoms with E-state index in [4.69, 9.17) is 0 Å². The zero-order valence-corrected chi connectivity index (χ0v) is 14.2. The second-order valence-electron chi connectivity index (χ2n) is 5.98. The number of hydrogen-bond acceptors (Lipinski definition) is 4. The highest BCUT2D eigenvalue weighted by atomic mass is 16.3. The van der Waals surface area contributed by atoms with Crippen LogP contribution >= 0.6 is 0 Å². The van der Waals surface area contributed by atoms with Crippen LogP contribution in [0.25, 0.3) is 0 Å². The van der Waals surface area contributed by atoms with E-state index in [9.17, 15) is 5.11 Å². The van der Waals surface area contributed by atoms with Crippen molar-refractivity contribution in [2.75, 3.05) is 6.54 Å². The summed E-state index contributed by atoms with van der Waals surface area (Å²) in [5, 5.41) is 22.7. The zero-order valence-electron chi connectivity index (χ0n) is 14.2. The lowest BCUT2D eigenvalue weighted by molar-refractivity contribution is 0.0565. The third kappa shape index (κ3) is 3.39. The van der Waals surface area contributed by atoms with Crippen LogP contribution < -0.4 is 5.32 Å². The van der Waals surface area contributed by atoms with E-state index in [1.165, 1.54) is 11.3 Å². The van der Waals surface area contributed by atoms with Crippen LogP contribution in [0.1, 0.15) is 43.3 Å². The topological polar surface area (TPSA) is 67.9 Å². The van der Waals surface area contributed by atoms with Gasteiger partial charge in [-0.2, -0.15) is 10.2 Å². The van der Waals surface area contributed by atoms with Gasteiger partial charge in [-0.25, -0.2) is 0 Å². The molecule has 2 aromatic rings. The summed E-state index contributed by atoms with van der Waals surface area (Å²) in [4.78, 5) is 0. The van der Waals surface area contributed by atoms with Gasteiger partial charge >= 0.3 is 0 Å². The van der Waals surface area contributed by atoms with E-state index in [2.05, 4.69) is 29.4 Å². The molecule has 0 saturated heterocycles. The van der Waals surface area contributed by atoms with Crippen molar-refractivity contribution >= 4 is 0 Å². The van der Waals surface area contributed by atoms with Crippen molar-refractivity contribution in [2.45, 2.75) is 45.8 Å². The van der Waals surface area contributed by atoms with Gasteiger partial charge in [0.25, 0.3) is 0 Å². The Hall–Kier alpha value is -1.66. The normalized spacial score (nSPS) is 14.3. The Balaban J connectivity index is 2.05. The highest BCUT2D eigenvalue weighted by molar-refractivity contribution is 5.26. The summed E-state index contributed by atoms with van der Waals surface area (Å²) in [6.45, 7) is 7.26. The Kier molecular flexibility index (Phi) is 5.03. The molecule has 6 nitrogen and oxygen atoms in total. The average molecular weight is 305 g/mol. The Morgan fingerprint density at radius 2 is 2.00 bits per heavy atom. The van der Waals surface area contributed by atoms with E-state index in [0.717, 1.165) is 30.6 Å². The minimum Gasteiger partial charge on any atom is -0.384 e. The molecule has 22 heavy (non-hydrogen) atoms. The Morgan fingerprint density at radius 1 is 1.27 bits per heavy atom. The number of aromatic nitrogens is 4. The fourth-order valence-electron chi connectivity index (χ4n) is 2.83. The molecule has 122 valence electrons. The van der Waals surface area contributed by atoms with Crippen LogP contribution in [0.4, 0.5) is 0 Å². The third-order valence-electron chi connectivity index (χ3n) is 4.13. The maximum absolute atomic E-state index is 10.6. The Bertz CT molecular complexity index is 627. The summed E-state index contributed by atoms with van der Waals surface area (Å²) in [5.74, 6) is 0. The van der Waals surface area contributed by atoms with Crippen molar-refractivity contribution in [1.29, 1.82) is 0 Å². The van der Waals surface area contributed by atoms with E-state index in [1.807, 2.05) is 31.9 Å². The predicted octanol–water partition coefficient (Wildman–Crippen LogP) is 1.28. The van der Waals surface area contributed by atoms with Gasteiger partial charge in [0.2, 0.25) is 0 Å². The summed E-state index contributed by atoms with van der Waals surface area (Å²) in [7, 11) is 3.84. The molecule has 2 aromatic heterocycles. The molecule has 2 rings (SSSR count). The van der Waals surface area contributed by atoms with Gasteiger partial charge in [0.05, 0.1) is 11.9 Å². The SMILES string of the molecule is CCc1nn(C)c(CC)c1CNCC(C)(O)c1cnn(C)c1. The first-order valence-electron chi connectivity index (χ1n) is 7.84. The van der Waals surface area contributed by atoms with Crippen LogP contribution in [0.3, 0.4) is 0 Å². The first kappa shape index (κ1) is 16.7. The molecule has 0 bridgehead atoms. The summed E-state index contributed by atoms with van der Waals surface area (Å²) in [6.07, 6.45) is 5.44.